The van der Waals surface area contributed by atoms with Gasteiger partial charge in [0.1, 0.15) is 12.0 Å². The van der Waals surface area contributed by atoms with Crippen molar-refractivity contribution in [3.8, 4) is 11.6 Å². The molecule has 0 unspecified atom stereocenters. The molecular formula is C17H19BrN8. The number of aromatic nitrogens is 7. The Bertz CT molecular complexity index is 942. The third kappa shape index (κ3) is 2.29. The standard InChI is InChI=1S/C17H19BrN8/c1-2-12-15-23-21-10-25(15)13-9-20-17(24-8-7-19-16(24)18)22-14(13)26(12)11-5-3-4-6-11/h7-12H,2-6H2,1H3/t12-/m1/s1. The number of halogens is 1. The van der Waals surface area contributed by atoms with Crippen molar-refractivity contribution in [2.45, 2.75) is 51.1 Å². The first kappa shape index (κ1) is 15.9. The van der Waals surface area contributed by atoms with Crippen molar-refractivity contribution in [1.82, 2.24) is 34.3 Å². The lowest BCUT2D eigenvalue weighted by Gasteiger charge is -2.40. The predicted molar refractivity (Wildman–Crippen MR) is 99.5 cm³/mol. The topological polar surface area (TPSA) is 77.5 Å². The summed E-state index contributed by atoms with van der Waals surface area (Å²) in [5, 5.41) is 8.57. The van der Waals surface area contributed by atoms with Crippen LogP contribution in [-0.4, -0.2) is 40.3 Å². The van der Waals surface area contributed by atoms with E-state index in [1.165, 1.54) is 25.7 Å². The minimum Gasteiger partial charge on any atom is -0.341 e. The fourth-order valence-corrected chi connectivity index (χ4v) is 4.58. The summed E-state index contributed by atoms with van der Waals surface area (Å²) >= 11 is 3.46. The second kappa shape index (κ2) is 6.15. The summed E-state index contributed by atoms with van der Waals surface area (Å²) in [7, 11) is 0. The number of hydrogen-bond acceptors (Lipinski definition) is 6. The average Bonchev–Trinajstić information content (AvgIpc) is 3.41. The third-order valence-corrected chi connectivity index (χ3v) is 5.95. The normalized spacial score (nSPS) is 19.6. The van der Waals surface area contributed by atoms with E-state index in [1.54, 1.807) is 12.5 Å². The SMILES string of the molecule is CC[C@@H]1c2nncn2-c2cnc(-n3ccnc3Br)nc2N1C1CCCC1. The van der Waals surface area contributed by atoms with E-state index in [2.05, 4.69) is 47.9 Å². The summed E-state index contributed by atoms with van der Waals surface area (Å²) < 4.78 is 4.56. The van der Waals surface area contributed by atoms with Gasteiger partial charge in [0, 0.05) is 18.4 Å². The van der Waals surface area contributed by atoms with Crippen LogP contribution in [0.15, 0.2) is 29.7 Å². The fourth-order valence-electron chi connectivity index (χ4n) is 4.19. The van der Waals surface area contributed by atoms with E-state index in [0.717, 1.165) is 23.8 Å². The van der Waals surface area contributed by atoms with E-state index in [9.17, 15) is 0 Å². The van der Waals surface area contributed by atoms with Crippen molar-refractivity contribution in [2.24, 2.45) is 0 Å². The molecule has 8 nitrogen and oxygen atoms in total. The summed E-state index contributed by atoms with van der Waals surface area (Å²) in [6.45, 7) is 2.20. The predicted octanol–water partition coefficient (Wildman–Crippen LogP) is 3.22. The van der Waals surface area contributed by atoms with Crippen molar-refractivity contribution in [3.05, 3.63) is 35.5 Å². The van der Waals surface area contributed by atoms with Crippen LogP contribution in [0.5, 0.6) is 0 Å². The molecule has 1 aliphatic carbocycles. The molecule has 3 aromatic heterocycles. The Kier molecular flexibility index (Phi) is 3.77. The van der Waals surface area contributed by atoms with Gasteiger partial charge in [0.05, 0.1) is 12.2 Å². The van der Waals surface area contributed by atoms with Gasteiger partial charge in [-0.2, -0.15) is 4.98 Å². The molecule has 0 saturated heterocycles. The minimum absolute atomic E-state index is 0.182. The van der Waals surface area contributed by atoms with Crippen molar-refractivity contribution >= 4 is 21.7 Å². The summed E-state index contributed by atoms with van der Waals surface area (Å²) in [5.74, 6) is 2.55. The van der Waals surface area contributed by atoms with E-state index in [0.29, 0.717) is 16.7 Å². The summed E-state index contributed by atoms with van der Waals surface area (Å²) in [6.07, 6.45) is 13.1. The van der Waals surface area contributed by atoms with Gasteiger partial charge in [-0.15, -0.1) is 10.2 Å². The fraction of sp³-hybridized carbons (Fsp3) is 0.471. The lowest BCUT2D eigenvalue weighted by Crippen LogP contribution is -2.42. The molecule has 4 heterocycles. The van der Waals surface area contributed by atoms with E-state index in [-0.39, 0.29) is 6.04 Å². The quantitative estimate of drug-likeness (QED) is 0.654. The van der Waals surface area contributed by atoms with Gasteiger partial charge in [-0.3, -0.25) is 9.13 Å². The number of fused-ring (bicyclic) bond motifs is 3. The Morgan fingerprint density at radius 1 is 1.19 bits per heavy atom. The number of hydrogen-bond donors (Lipinski definition) is 0. The van der Waals surface area contributed by atoms with E-state index >= 15 is 0 Å². The van der Waals surface area contributed by atoms with Crippen LogP contribution in [0.3, 0.4) is 0 Å². The third-order valence-electron chi connectivity index (χ3n) is 5.37. The second-order valence-electron chi connectivity index (χ2n) is 6.77. The Morgan fingerprint density at radius 3 is 2.77 bits per heavy atom. The van der Waals surface area contributed by atoms with E-state index < -0.39 is 0 Å². The first-order chi connectivity index (χ1) is 12.8. The lowest BCUT2D eigenvalue weighted by molar-refractivity contribution is 0.468. The molecule has 0 spiro atoms. The smallest absolute Gasteiger partial charge is 0.237 e. The van der Waals surface area contributed by atoms with Gasteiger partial charge in [0.2, 0.25) is 5.95 Å². The van der Waals surface area contributed by atoms with E-state index in [1.807, 2.05) is 21.5 Å². The maximum absolute atomic E-state index is 4.95. The molecule has 5 rings (SSSR count). The zero-order chi connectivity index (χ0) is 17.7. The molecule has 3 aromatic rings. The van der Waals surface area contributed by atoms with Crippen LogP contribution in [0.1, 0.15) is 50.9 Å². The zero-order valence-electron chi connectivity index (χ0n) is 14.5. The molecule has 1 aliphatic heterocycles. The van der Waals surface area contributed by atoms with Crippen LogP contribution in [0.25, 0.3) is 11.6 Å². The van der Waals surface area contributed by atoms with Crippen molar-refractivity contribution < 1.29 is 0 Å². The second-order valence-corrected chi connectivity index (χ2v) is 7.48. The molecule has 0 radical (unpaired) electrons. The Balaban J connectivity index is 1.71. The molecule has 0 amide bonds. The number of nitrogens with zero attached hydrogens (tertiary/aromatic N) is 8. The molecule has 0 bridgehead atoms. The van der Waals surface area contributed by atoms with Crippen molar-refractivity contribution in [2.75, 3.05) is 4.90 Å². The van der Waals surface area contributed by atoms with Gasteiger partial charge < -0.3 is 4.90 Å². The van der Waals surface area contributed by atoms with E-state index in [4.69, 9.17) is 4.98 Å². The molecule has 0 aromatic carbocycles. The molecule has 1 atom stereocenters. The van der Waals surface area contributed by atoms with Gasteiger partial charge in [-0.05, 0) is 35.2 Å². The number of rotatable bonds is 3. The van der Waals surface area contributed by atoms with Gasteiger partial charge in [-0.25, -0.2) is 9.97 Å². The van der Waals surface area contributed by atoms with Gasteiger partial charge in [0.15, 0.2) is 16.4 Å². The first-order valence-corrected chi connectivity index (χ1v) is 9.82. The summed E-state index contributed by atoms with van der Waals surface area (Å²) in [6, 6.07) is 0.667. The monoisotopic (exact) mass is 414 g/mol. The van der Waals surface area contributed by atoms with Gasteiger partial charge in [0.25, 0.3) is 0 Å². The number of anilines is 1. The maximum Gasteiger partial charge on any atom is 0.237 e. The zero-order valence-corrected chi connectivity index (χ0v) is 16.0. The highest BCUT2D eigenvalue weighted by molar-refractivity contribution is 9.10. The first-order valence-electron chi connectivity index (χ1n) is 9.02. The van der Waals surface area contributed by atoms with Gasteiger partial charge in [-0.1, -0.05) is 19.8 Å². The Hall–Kier alpha value is -2.29. The maximum atomic E-state index is 4.95. The van der Waals surface area contributed by atoms with Crippen molar-refractivity contribution in [3.63, 3.8) is 0 Å². The highest BCUT2D eigenvalue weighted by Gasteiger charge is 2.38. The van der Waals surface area contributed by atoms with Crippen molar-refractivity contribution in [1.29, 1.82) is 0 Å². The van der Waals surface area contributed by atoms with Crippen LogP contribution in [0.2, 0.25) is 0 Å². The summed E-state index contributed by atoms with van der Waals surface area (Å²) in [4.78, 5) is 16.2. The largest absolute Gasteiger partial charge is 0.341 e. The van der Waals surface area contributed by atoms with Crippen LogP contribution in [0.4, 0.5) is 5.82 Å². The molecule has 9 heteroatoms. The van der Waals surface area contributed by atoms with Crippen LogP contribution >= 0.6 is 15.9 Å². The molecule has 1 fully saturated rings. The molecule has 1 saturated carbocycles. The van der Waals surface area contributed by atoms with Crippen LogP contribution in [-0.2, 0) is 0 Å². The Labute approximate surface area is 159 Å². The summed E-state index contributed by atoms with van der Waals surface area (Å²) in [5.41, 5.74) is 0.946. The molecule has 2 aliphatic rings. The molecule has 134 valence electrons. The molecule has 0 N–H and O–H groups in total. The minimum atomic E-state index is 0.182. The lowest BCUT2D eigenvalue weighted by atomic mass is 10.0. The molecule has 26 heavy (non-hydrogen) atoms. The number of imidazole rings is 1. The van der Waals surface area contributed by atoms with Crippen LogP contribution < -0.4 is 4.90 Å². The highest BCUT2D eigenvalue weighted by Crippen LogP contribution is 2.42. The highest BCUT2D eigenvalue weighted by atomic mass is 79.9. The average molecular weight is 415 g/mol. The molecular weight excluding hydrogens is 396 g/mol. The Morgan fingerprint density at radius 2 is 2.04 bits per heavy atom. The van der Waals surface area contributed by atoms with Crippen LogP contribution in [0, 0.1) is 0 Å². The van der Waals surface area contributed by atoms with Gasteiger partial charge >= 0.3 is 0 Å².